The summed E-state index contributed by atoms with van der Waals surface area (Å²) in [5, 5.41) is 9.96. The number of benzene rings is 8. The predicted molar refractivity (Wildman–Crippen MR) is 194 cm³/mol. The van der Waals surface area contributed by atoms with Gasteiger partial charge < -0.3 is 0 Å². The van der Waals surface area contributed by atoms with Crippen molar-refractivity contribution >= 4 is 43.1 Å². The molecule has 214 valence electrons. The van der Waals surface area contributed by atoms with Crippen LogP contribution < -0.4 is 0 Å². The number of fused-ring (bicyclic) bond motifs is 5. The van der Waals surface area contributed by atoms with E-state index in [9.17, 15) is 0 Å². The zero-order valence-corrected chi connectivity index (χ0v) is 25.1. The lowest BCUT2D eigenvalue weighted by atomic mass is 9.89. The van der Waals surface area contributed by atoms with Crippen LogP contribution in [-0.4, -0.2) is 9.97 Å². The molecule has 0 saturated carbocycles. The molecule has 2 nitrogen and oxygen atoms in total. The molecule has 1 heterocycles. The fraction of sp³-hybridized carbons (Fsp3) is 0. The highest BCUT2D eigenvalue weighted by molar-refractivity contribution is 6.20. The summed E-state index contributed by atoms with van der Waals surface area (Å²) in [7, 11) is 0. The number of hydrogen-bond donors (Lipinski definition) is 0. The highest BCUT2D eigenvalue weighted by Crippen LogP contribution is 2.40. The van der Waals surface area contributed by atoms with Crippen LogP contribution in [0.5, 0.6) is 0 Å². The minimum atomic E-state index is 0.713. The lowest BCUT2D eigenvalue weighted by Gasteiger charge is -2.15. The normalized spacial score (nSPS) is 11.5. The molecular weight excluding hydrogens is 556 g/mol. The van der Waals surface area contributed by atoms with Gasteiger partial charge in [-0.25, -0.2) is 9.97 Å². The van der Waals surface area contributed by atoms with Crippen LogP contribution in [0.25, 0.3) is 88.1 Å². The van der Waals surface area contributed by atoms with E-state index in [2.05, 4.69) is 164 Å². The molecule has 9 rings (SSSR count). The van der Waals surface area contributed by atoms with E-state index in [4.69, 9.17) is 9.97 Å². The molecule has 2 heteroatoms. The molecule has 0 atom stereocenters. The Balaban J connectivity index is 1.21. The summed E-state index contributed by atoms with van der Waals surface area (Å²) < 4.78 is 0. The molecule has 0 N–H and O–H groups in total. The van der Waals surface area contributed by atoms with E-state index in [1.165, 1.54) is 54.2 Å². The summed E-state index contributed by atoms with van der Waals surface area (Å²) in [5.74, 6) is 0.713. The Hall–Kier alpha value is -6.12. The minimum Gasteiger partial charge on any atom is -0.228 e. The van der Waals surface area contributed by atoms with E-state index in [0.29, 0.717) is 5.82 Å². The van der Waals surface area contributed by atoms with Crippen molar-refractivity contribution in [2.45, 2.75) is 0 Å². The zero-order valence-electron chi connectivity index (χ0n) is 25.1. The smallest absolute Gasteiger partial charge is 0.160 e. The van der Waals surface area contributed by atoms with E-state index in [1.54, 1.807) is 0 Å². The van der Waals surface area contributed by atoms with Crippen molar-refractivity contribution in [2.75, 3.05) is 0 Å². The van der Waals surface area contributed by atoms with Crippen molar-refractivity contribution in [1.29, 1.82) is 0 Å². The highest BCUT2D eigenvalue weighted by Gasteiger charge is 2.14. The van der Waals surface area contributed by atoms with Gasteiger partial charge in [-0.2, -0.15) is 0 Å². The summed E-state index contributed by atoms with van der Waals surface area (Å²) in [6.07, 6.45) is 0. The molecule has 8 aromatic carbocycles. The summed E-state index contributed by atoms with van der Waals surface area (Å²) in [4.78, 5) is 10.2. The van der Waals surface area contributed by atoms with Gasteiger partial charge in [-0.3, -0.25) is 0 Å². The highest BCUT2D eigenvalue weighted by atomic mass is 14.9. The van der Waals surface area contributed by atoms with Crippen LogP contribution in [-0.2, 0) is 0 Å². The van der Waals surface area contributed by atoms with E-state index in [0.717, 1.165) is 28.1 Å². The van der Waals surface area contributed by atoms with Gasteiger partial charge in [0, 0.05) is 16.7 Å². The van der Waals surface area contributed by atoms with E-state index < -0.39 is 0 Å². The Bertz CT molecular complexity index is 2570. The van der Waals surface area contributed by atoms with Gasteiger partial charge in [0.25, 0.3) is 0 Å². The lowest BCUT2D eigenvalue weighted by molar-refractivity contribution is 1.18. The lowest BCUT2D eigenvalue weighted by Crippen LogP contribution is -1.96. The zero-order chi connectivity index (χ0) is 30.5. The minimum absolute atomic E-state index is 0.713. The molecule has 0 bridgehead atoms. The monoisotopic (exact) mass is 584 g/mol. The summed E-state index contributed by atoms with van der Waals surface area (Å²) in [5.41, 5.74) is 7.37. The van der Waals surface area contributed by atoms with Gasteiger partial charge in [-0.05, 0) is 72.4 Å². The third-order valence-electron chi connectivity index (χ3n) is 9.04. The van der Waals surface area contributed by atoms with Crippen molar-refractivity contribution < 1.29 is 0 Å². The summed E-state index contributed by atoms with van der Waals surface area (Å²) in [6, 6.07) is 60.4. The van der Waals surface area contributed by atoms with Gasteiger partial charge in [0.15, 0.2) is 5.82 Å². The van der Waals surface area contributed by atoms with E-state index in [-0.39, 0.29) is 0 Å². The number of nitrogens with zero attached hydrogens (tertiary/aromatic N) is 2. The molecule has 0 amide bonds. The molecular formula is C44H28N2. The predicted octanol–water partition coefficient (Wildman–Crippen LogP) is 11.8. The van der Waals surface area contributed by atoms with Crippen LogP contribution in [0.4, 0.5) is 0 Å². The maximum Gasteiger partial charge on any atom is 0.160 e. The largest absolute Gasteiger partial charge is 0.228 e. The quantitative estimate of drug-likeness (QED) is 0.152. The molecule has 1 aromatic heterocycles. The molecule has 0 fully saturated rings. The Morgan fingerprint density at radius 2 is 0.870 bits per heavy atom. The molecule has 0 unspecified atom stereocenters. The number of rotatable bonds is 4. The third kappa shape index (κ3) is 4.51. The van der Waals surface area contributed by atoms with Crippen molar-refractivity contribution in [2.24, 2.45) is 0 Å². The standard InChI is InChI=1S/C44H28N2/c1-2-12-31(13-3-1)41-28-42(36-23-18-29-10-4-5-14-34(29)26-36)46-44(45-41)33-21-19-32(20-22-33)43-38-17-9-7-15-35(38)27-40-37-16-8-6-11-30(37)24-25-39(40)43/h1-28H. The Kier molecular flexibility index (Phi) is 6.17. The Morgan fingerprint density at radius 3 is 1.67 bits per heavy atom. The molecule has 0 spiro atoms. The van der Waals surface area contributed by atoms with E-state index in [1.807, 2.05) is 6.07 Å². The van der Waals surface area contributed by atoms with Crippen LogP contribution in [0.2, 0.25) is 0 Å². The van der Waals surface area contributed by atoms with Crippen LogP contribution in [0.15, 0.2) is 170 Å². The fourth-order valence-corrected chi connectivity index (χ4v) is 6.75. The molecule has 9 aromatic rings. The molecule has 0 aliphatic rings. The maximum atomic E-state index is 5.13. The van der Waals surface area contributed by atoms with Gasteiger partial charge >= 0.3 is 0 Å². The average Bonchev–Trinajstić information content (AvgIpc) is 3.14. The first-order valence-corrected chi connectivity index (χ1v) is 15.7. The molecule has 0 aliphatic heterocycles. The molecule has 0 aliphatic carbocycles. The maximum absolute atomic E-state index is 5.13. The van der Waals surface area contributed by atoms with Crippen LogP contribution >= 0.6 is 0 Å². The Morgan fingerprint density at radius 1 is 0.283 bits per heavy atom. The van der Waals surface area contributed by atoms with Crippen molar-refractivity contribution in [3.63, 3.8) is 0 Å². The van der Waals surface area contributed by atoms with Gasteiger partial charge in [0.1, 0.15) is 0 Å². The molecule has 0 radical (unpaired) electrons. The fourth-order valence-electron chi connectivity index (χ4n) is 6.75. The topological polar surface area (TPSA) is 25.8 Å². The van der Waals surface area contributed by atoms with E-state index >= 15 is 0 Å². The molecule has 0 saturated heterocycles. The first-order valence-electron chi connectivity index (χ1n) is 15.7. The van der Waals surface area contributed by atoms with Gasteiger partial charge in [0.2, 0.25) is 0 Å². The van der Waals surface area contributed by atoms with Gasteiger partial charge in [-0.15, -0.1) is 0 Å². The third-order valence-corrected chi connectivity index (χ3v) is 9.04. The molecule has 46 heavy (non-hydrogen) atoms. The summed E-state index contributed by atoms with van der Waals surface area (Å²) >= 11 is 0. The average molecular weight is 585 g/mol. The summed E-state index contributed by atoms with van der Waals surface area (Å²) in [6.45, 7) is 0. The second-order valence-corrected chi connectivity index (χ2v) is 11.8. The SMILES string of the molecule is c1ccc(-c2cc(-c3ccc4ccccc4c3)nc(-c3ccc(-c4c5ccccc5cc5c4ccc4ccccc45)cc3)n2)cc1. The van der Waals surface area contributed by atoms with Gasteiger partial charge in [0.05, 0.1) is 11.4 Å². The second kappa shape index (κ2) is 10.8. The van der Waals surface area contributed by atoms with Crippen LogP contribution in [0, 0.1) is 0 Å². The van der Waals surface area contributed by atoms with Crippen LogP contribution in [0.3, 0.4) is 0 Å². The first kappa shape index (κ1) is 26.3. The second-order valence-electron chi connectivity index (χ2n) is 11.8. The van der Waals surface area contributed by atoms with Crippen LogP contribution in [0.1, 0.15) is 0 Å². The Labute approximate surface area is 267 Å². The first-order chi connectivity index (χ1) is 22.8. The van der Waals surface area contributed by atoms with Crippen molar-refractivity contribution in [3.8, 4) is 45.0 Å². The van der Waals surface area contributed by atoms with Crippen molar-refractivity contribution in [1.82, 2.24) is 9.97 Å². The van der Waals surface area contributed by atoms with Gasteiger partial charge in [-0.1, -0.05) is 152 Å². The number of aromatic nitrogens is 2. The number of hydrogen-bond acceptors (Lipinski definition) is 2. The van der Waals surface area contributed by atoms with Crippen molar-refractivity contribution in [3.05, 3.63) is 170 Å².